The smallest absolute Gasteiger partial charge is 0.376 e. The third kappa shape index (κ3) is 3.71. The molecule has 140 valence electrons. The third-order valence-corrected chi connectivity index (χ3v) is 3.64. The van der Waals surface area contributed by atoms with E-state index in [1.807, 2.05) is 0 Å². The summed E-state index contributed by atoms with van der Waals surface area (Å²) in [5, 5.41) is 7.43. The topological polar surface area (TPSA) is 116 Å². The molecule has 0 bridgehead atoms. The number of hydrogen-bond donors (Lipinski definition) is 1. The van der Waals surface area contributed by atoms with Crippen LogP contribution in [-0.4, -0.2) is 40.3 Å². The van der Waals surface area contributed by atoms with Gasteiger partial charge in [-0.05, 0) is 32.9 Å². The molecule has 1 aromatic carbocycles. The van der Waals surface area contributed by atoms with E-state index in [2.05, 4.69) is 20.4 Å². The third-order valence-electron chi connectivity index (χ3n) is 3.64. The number of aromatic nitrogens is 3. The van der Waals surface area contributed by atoms with Crippen molar-refractivity contribution < 1.29 is 23.6 Å². The van der Waals surface area contributed by atoms with E-state index < -0.39 is 11.9 Å². The molecular formula is C18H18N4O5. The van der Waals surface area contributed by atoms with E-state index in [-0.39, 0.29) is 30.6 Å². The molecule has 0 atom stereocenters. The zero-order valence-electron chi connectivity index (χ0n) is 15.1. The van der Waals surface area contributed by atoms with Crippen LogP contribution in [0.2, 0.25) is 0 Å². The average Bonchev–Trinajstić information content (AvgIpc) is 3.04. The summed E-state index contributed by atoms with van der Waals surface area (Å²) in [6.45, 7) is 5.58. The van der Waals surface area contributed by atoms with Crippen LogP contribution >= 0.6 is 0 Å². The van der Waals surface area contributed by atoms with Crippen molar-refractivity contribution in [3.63, 3.8) is 0 Å². The summed E-state index contributed by atoms with van der Waals surface area (Å²) in [4.78, 5) is 32.5. The monoisotopic (exact) mass is 370 g/mol. The summed E-state index contributed by atoms with van der Waals surface area (Å²) in [6, 6.07) is 6.82. The average molecular weight is 370 g/mol. The molecule has 0 saturated heterocycles. The molecule has 1 N–H and O–H groups in total. The van der Waals surface area contributed by atoms with Gasteiger partial charge in [0.15, 0.2) is 0 Å². The number of anilines is 2. The van der Waals surface area contributed by atoms with Crippen molar-refractivity contribution in [1.29, 1.82) is 0 Å². The molecule has 0 unspecified atom stereocenters. The highest BCUT2D eigenvalue weighted by Gasteiger charge is 2.21. The van der Waals surface area contributed by atoms with Crippen LogP contribution in [0.15, 0.2) is 28.8 Å². The van der Waals surface area contributed by atoms with Crippen LogP contribution in [0, 0.1) is 6.92 Å². The number of nitrogens with zero attached hydrogens (tertiary/aromatic N) is 3. The number of aryl methyl sites for hydroxylation is 1. The van der Waals surface area contributed by atoms with Gasteiger partial charge in [-0.3, -0.25) is 0 Å². The molecule has 9 heteroatoms. The van der Waals surface area contributed by atoms with Crippen molar-refractivity contribution in [3.8, 4) is 0 Å². The second kappa shape index (κ2) is 7.81. The molecule has 27 heavy (non-hydrogen) atoms. The number of carbonyl (C=O) groups excluding carboxylic acids is 2. The summed E-state index contributed by atoms with van der Waals surface area (Å²) in [5.41, 5.74) is 1.47. The van der Waals surface area contributed by atoms with Gasteiger partial charge in [-0.15, -0.1) is 0 Å². The number of rotatable bonds is 6. The Morgan fingerprint density at radius 3 is 2.52 bits per heavy atom. The summed E-state index contributed by atoms with van der Waals surface area (Å²) < 4.78 is 15.2. The Hall–Kier alpha value is -3.49. The summed E-state index contributed by atoms with van der Waals surface area (Å²) >= 11 is 0. The van der Waals surface area contributed by atoms with E-state index in [9.17, 15) is 9.59 Å². The van der Waals surface area contributed by atoms with Crippen LogP contribution in [0.4, 0.5) is 11.5 Å². The molecule has 0 aliphatic carbocycles. The van der Waals surface area contributed by atoms with E-state index in [0.29, 0.717) is 22.3 Å². The number of benzene rings is 1. The van der Waals surface area contributed by atoms with Gasteiger partial charge < -0.3 is 19.3 Å². The highest BCUT2D eigenvalue weighted by atomic mass is 16.5. The fourth-order valence-corrected chi connectivity index (χ4v) is 2.47. The lowest BCUT2D eigenvalue weighted by molar-refractivity contribution is 0.0507. The Labute approximate surface area is 154 Å². The van der Waals surface area contributed by atoms with Gasteiger partial charge in [-0.25, -0.2) is 14.6 Å². The molecule has 3 rings (SSSR count). The minimum absolute atomic E-state index is 0.140. The lowest BCUT2D eigenvalue weighted by Crippen LogP contribution is -2.12. The highest BCUT2D eigenvalue weighted by molar-refractivity contribution is 5.99. The van der Waals surface area contributed by atoms with Gasteiger partial charge in [0.05, 0.1) is 30.2 Å². The first-order chi connectivity index (χ1) is 13.0. The molecule has 0 spiro atoms. The molecule has 0 aliphatic heterocycles. The molecule has 0 saturated carbocycles. The molecule has 3 aromatic rings. The van der Waals surface area contributed by atoms with Gasteiger partial charge in [-0.2, -0.15) is 4.98 Å². The second-order valence-electron chi connectivity index (χ2n) is 5.46. The number of fused-ring (bicyclic) bond motifs is 1. The van der Waals surface area contributed by atoms with E-state index in [1.165, 1.54) is 0 Å². The molecule has 0 amide bonds. The van der Waals surface area contributed by atoms with Gasteiger partial charge in [0.2, 0.25) is 5.82 Å². The molecule has 9 nitrogen and oxygen atoms in total. The van der Waals surface area contributed by atoms with Crippen molar-refractivity contribution in [2.75, 3.05) is 18.5 Å². The fourth-order valence-electron chi connectivity index (χ4n) is 2.47. The number of esters is 2. The largest absolute Gasteiger partial charge is 0.462 e. The van der Waals surface area contributed by atoms with Gasteiger partial charge in [0.1, 0.15) is 11.2 Å². The molecule has 2 aromatic heterocycles. The van der Waals surface area contributed by atoms with E-state index in [0.717, 1.165) is 0 Å². The number of nitrogens with one attached hydrogen (secondary N) is 1. The first-order valence-corrected chi connectivity index (χ1v) is 8.39. The Morgan fingerprint density at radius 1 is 1.07 bits per heavy atom. The number of carbonyl (C=O) groups is 2. The predicted octanol–water partition coefficient (Wildman–Crippen LogP) is 3.02. The van der Waals surface area contributed by atoms with Gasteiger partial charge in [0, 0.05) is 0 Å². The van der Waals surface area contributed by atoms with Crippen molar-refractivity contribution in [2.45, 2.75) is 20.8 Å². The lowest BCUT2D eigenvalue weighted by atomic mass is 10.1. The Balaban J connectivity index is 2.08. The van der Waals surface area contributed by atoms with Crippen molar-refractivity contribution in [1.82, 2.24) is 15.1 Å². The summed E-state index contributed by atoms with van der Waals surface area (Å²) in [7, 11) is 0. The second-order valence-corrected chi connectivity index (χ2v) is 5.46. The first kappa shape index (κ1) is 18.3. The fraction of sp³-hybridized carbons (Fsp3) is 0.278. The van der Waals surface area contributed by atoms with Crippen LogP contribution in [0.3, 0.4) is 0 Å². The molecule has 0 radical (unpaired) electrons. The lowest BCUT2D eigenvalue weighted by Gasteiger charge is -2.12. The van der Waals surface area contributed by atoms with Crippen LogP contribution in [0.25, 0.3) is 11.1 Å². The van der Waals surface area contributed by atoms with Gasteiger partial charge in [-0.1, -0.05) is 17.3 Å². The number of hydrogen-bond acceptors (Lipinski definition) is 9. The molecule has 0 fully saturated rings. The molecular weight excluding hydrogens is 352 g/mol. The van der Waals surface area contributed by atoms with E-state index >= 15 is 0 Å². The summed E-state index contributed by atoms with van der Waals surface area (Å²) in [5.74, 6) is -1.05. The SMILES string of the molecule is CCOC(=O)c1nc(Nc2ccccc2C(=O)OCC)c2c(C)noc2n1. The predicted molar refractivity (Wildman–Crippen MR) is 96.0 cm³/mol. The Bertz CT molecular complexity index is 999. The minimum atomic E-state index is -0.685. The van der Waals surface area contributed by atoms with Crippen molar-refractivity contribution >= 4 is 34.5 Å². The van der Waals surface area contributed by atoms with Crippen molar-refractivity contribution in [3.05, 3.63) is 41.3 Å². The normalized spacial score (nSPS) is 10.6. The quantitative estimate of drug-likeness (QED) is 0.653. The van der Waals surface area contributed by atoms with E-state index in [1.54, 1.807) is 45.0 Å². The Morgan fingerprint density at radius 2 is 1.78 bits per heavy atom. The van der Waals surface area contributed by atoms with Crippen LogP contribution in [-0.2, 0) is 9.47 Å². The summed E-state index contributed by atoms with van der Waals surface area (Å²) in [6.07, 6.45) is 0. The maximum atomic E-state index is 12.2. The molecule has 0 aliphatic rings. The van der Waals surface area contributed by atoms with Crippen LogP contribution in [0.1, 0.15) is 40.5 Å². The minimum Gasteiger partial charge on any atom is -0.462 e. The van der Waals surface area contributed by atoms with Crippen LogP contribution in [0.5, 0.6) is 0 Å². The Kier molecular flexibility index (Phi) is 5.30. The first-order valence-electron chi connectivity index (χ1n) is 8.39. The number of para-hydroxylation sites is 1. The number of ether oxygens (including phenoxy) is 2. The highest BCUT2D eigenvalue weighted by Crippen LogP contribution is 2.28. The van der Waals surface area contributed by atoms with E-state index in [4.69, 9.17) is 14.0 Å². The van der Waals surface area contributed by atoms with Gasteiger partial charge >= 0.3 is 11.9 Å². The zero-order valence-corrected chi connectivity index (χ0v) is 15.1. The standard InChI is InChI=1S/C18H18N4O5/c1-4-25-17(23)11-8-6-7-9-12(11)19-14-13-10(3)22-27-16(13)21-15(20-14)18(24)26-5-2/h6-9H,4-5H2,1-3H3,(H,19,20,21). The maximum Gasteiger partial charge on any atom is 0.376 e. The zero-order chi connectivity index (χ0) is 19.4. The van der Waals surface area contributed by atoms with Crippen LogP contribution < -0.4 is 5.32 Å². The van der Waals surface area contributed by atoms with Gasteiger partial charge in [0.25, 0.3) is 5.71 Å². The van der Waals surface area contributed by atoms with Crippen molar-refractivity contribution in [2.24, 2.45) is 0 Å². The maximum absolute atomic E-state index is 12.2. The molecule has 2 heterocycles.